The zero-order chi connectivity index (χ0) is 19.1. The molecule has 1 fully saturated rings. The lowest BCUT2D eigenvalue weighted by molar-refractivity contribution is 0.0493. The van der Waals surface area contributed by atoms with Crippen LogP contribution in [0, 0.1) is 0 Å². The number of nitrogens with zero attached hydrogens (tertiary/aromatic N) is 3. The number of piperazine rings is 1. The monoisotopic (exact) mass is 371 g/mol. The molecule has 0 saturated carbocycles. The van der Waals surface area contributed by atoms with E-state index in [4.69, 9.17) is 9.47 Å². The number of rotatable bonds is 8. The second-order valence-electron chi connectivity index (χ2n) is 6.91. The van der Waals surface area contributed by atoms with E-state index in [0.29, 0.717) is 6.04 Å². The number of pyridine rings is 1. The van der Waals surface area contributed by atoms with Gasteiger partial charge >= 0.3 is 0 Å². The standard InChI is InChI=1S/C21H29N3O3/c1-26-20-11-17(12-21(13-20)27-2)14-24-9-8-23(16-19(24)6-10-25)15-18-5-3-4-7-22-18/h3-5,7,11-13,19,25H,6,8-10,14-16H2,1-2H3. The molecule has 0 aliphatic carbocycles. The maximum atomic E-state index is 9.55. The quantitative estimate of drug-likeness (QED) is 0.768. The number of hydrogen-bond donors (Lipinski definition) is 1. The largest absolute Gasteiger partial charge is 0.497 e. The fraction of sp³-hybridized carbons (Fsp3) is 0.476. The SMILES string of the molecule is COc1cc(CN2CCN(Cc3ccccn3)CC2CCO)cc(OC)c1. The summed E-state index contributed by atoms with van der Waals surface area (Å²) in [5.74, 6) is 1.61. The minimum absolute atomic E-state index is 0.194. The smallest absolute Gasteiger partial charge is 0.122 e. The Labute approximate surface area is 161 Å². The molecule has 0 bridgehead atoms. The molecule has 1 aromatic heterocycles. The van der Waals surface area contributed by atoms with Gasteiger partial charge in [0.15, 0.2) is 0 Å². The number of hydrogen-bond acceptors (Lipinski definition) is 6. The summed E-state index contributed by atoms with van der Waals surface area (Å²) in [6.07, 6.45) is 2.60. The summed E-state index contributed by atoms with van der Waals surface area (Å²) < 4.78 is 10.8. The van der Waals surface area contributed by atoms with Crippen LogP contribution in [-0.4, -0.2) is 66.4 Å². The molecule has 3 rings (SSSR count). The van der Waals surface area contributed by atoms with Gasteiger partial charge in [-0.2, -0.15) is 0 Å². The summed E-state index contributed by atoms with van der Waals surface area (Å²) in [4.78, 5) is 9.30. The van der Waals surface area contributed by atoms with Crippen molar-refractivity contribution in [2.24, 2.45) is 0 Å². The predicted molar refractivity (Wildman–Crippen MR) is 105 cm³/mol. The molecule has 1 aliphatic rings. The van der Waals surface area contributed by atoms with Gasteiger partial charge in [-0.3, -0.25) is 14.8 Å². The number of aliphatic hydroxyl groups excluding tert-OH is 1. The van der Waals surface area contributed by atoms with Crippen LogP contribution in [0.25, 0.3) is 0 Å². The Kier molecular flexibility index (Phi) is 7.04. The Morgan fingerprint density at radius 3 is 2.48 bits per heavy atom. The number of ether oxygens (including phenoxy) is 2. The second kappa shape index (κ2) is 9.69. The molecule has 0 spiro atoms. The molecule has 1 saturated heterocycles. The van der Waals surface area contributed by atoms with Crippen LogP contribution >= 0.6 is 0 Å². The Bertz CT molecular complexity index is 689. The van der Waals surface area contributed by atoms with E-state index in [1.807, 2.05) is 24.4 Å². The molecule has 0 radical (unpaired) electrons. The van der Waals surface area contributed by atoms with Crippen LogP contribution < -0.4 is 9.47 Å². The molecule has 2 aromatic rings. The lowest BCUT2D eigenvalue weighted by Gasteiger charge is -2.41. The lowest BCUT2D eigenvalue weighted by Crippen LogP contribution is -2.52. The van der Waals surface area contributed by atoms with Gasteiger partial charge in [0, 0.05) is 57.6 Å². The van der Waals surface area contributed by atoms with E-state index in [2.05, 4.69) is 33.0 Å². The first kappa shape index (κ1) is 19.6. The molecule has 1 atom stereocenters. The van der Waals surface area contributed by atoms with Gasteiger partial charge in [-0.15, -0.1) is 0 Å². The van der Waals surface area contributed by atoms with Crippen molar-refractivity contribution in [1.29, 1.82) is 0 Å². The molecule has 0 amide bonds. The van der Waals surface area contributed by atoms with Gasteiger partial charge in [0.25, 0.3) is 0 Å². The molecule has 1 unspecified atom stereocenters. The zero-order valence-electron chi connectivity index (χ0n) is 16.2. The fourth-order valence-corrected chi connectivity index (χ4v) is 3.64. The lowest BCUT2D eigenvalue weighted by atomic mass is 10.1. The fourth-order valence-electron chi connectivity index (χ4n) is 3.64. The van der Waals surface area contributed by atoms with Crippen molar-refractivity contribution in [3.05, 3.63) is 53.9 Å². The zero-order valence-corrected chi connectivity index (χ0v) is 16.2. The average molecular weight is 371 g/mol. The summed E-state index contributed by atoms with van der Waals surface area (Å²) in [6, 6.07) is 12.3. The Morgan fingerprint density at radius 1 is 1.07 bits per heavy atom. The van der Waals surface area contributed by atoms with Crippen LogP contribution in [-0.2, 0) is 13.1 Å². The van der Waals surface area contributed by atoms with Crippen LogP contribution in [0.3, 0.4) is 0 Å². The summed E-state index contributed by atoms with van der Waals surface area (Å²) in [7, 11) is 3.34. The Morgan fingerprint density at radius 2 is 1.85 bits per heavy atom. The number of methoxy groups -OCH3 is 2. The number of benzene rings is 1. The summed E-state index contributed by atoms with van der Waals surface area (Å²) >= 11 is 0. The van der Waals surface area contributed by atoms with Crippen LogP contribution in [0.2, 0.25) is 0 Å². The van der Waals surface area contributed by atoms with E-state index in [-0.39, 0.29) is 6.61 Å². The Hall–Kier alpha value is -2.15. The molecule has 2 heterocycles. The van der Waals surface area contributed by atoms with E-state index in [1.165, 1.54) is 0 Å². The normalized spacial score (nSPS) is 18.4. The van der Waals surface area contributed by atoms with Crippen molar-refractivity contribution in [2.75, 3.05) is 40.5 Å². The number of aromatic nitrogens is 1. The topological polar surface area (TPSA) is 58.1 Å². The first-order valence-electron chi connectivity index (χ1n) is 9.41. The van der Waals surface area contributed by atoms with Gasteiger partial charge in [0.05, 0.1) is 19.9 Å². The highest BCUT2D eigenvalue weighted by Crippen LogP contribution is 2.25. The number of aliphatic hydroxyl groups is 1. The van der Waals surface area contributed by atoms with Crippen molar-refractivity contribution >= 4 is 0 Å². The molecule has 27 heavy (non-hydrogen) atoms. The highest BCUT2D eigenvalue weighted by Gasteiger charge is 2.27. The minimum atomic E-state index is 0.194. The molecule has 6 heteroatoms. The highest BCUT2D eigenvalue weighted by molar-refractivity contribution is 5.38. The summed E-state index contributed by atoms with van der Waals surface area (Å²) in [5.41, 5.74) is 2.25. The molecule has 146 valence electrons. The highest BCUT2D eigenvalue weighted by atomic mass is 16.5. The molecule has 1 N–H and O–H groups in total. The summed E-state index contributed by atoms with van der Waals surface area (Å²) in [6.45, 7) is 4.73. The summed E-state index contributed by atoms with van der Waals surface area (Å²) in [5, 5.41) is 9.55. The van der Waals surface area contributed by atoms with Gasteiger partial charge in [-0.1, -0.05) is 6.07 Å². The maximum absolute atomic E-state index is 9.55. The van der Waals surface area contributed by atoms with Crippen molar-refractivity contribution in [1.82, 2.24) is 14.8 Å². The van der Waals surface area contributed by atoms with Gasteiger partial charge in [-0.25, -0.2) is 0 Å². The average Bonchev–Trinajstić information content (AvgIpc) is 2.70. The van der Waals surface area contributed by atoms with Gasteiger partial charge in [0.2, 0.25) is 0 Å². The van der Waals surface area contributed by atoms with Gasteiger partial charge in [-0.05, 0) is 36.2 Å². The van der Waals surface area contributed by atoms with Gasteiger partial charge < -0.3 is 14.6 Å². The molecule has 6 nitrogen and oxygen atoms in total. The third kappa shape index (κ3) is 5.42. The first-order chi connectivity index (χ1) is 13.2. The molecular formula is C21H29N3O3. The molecule has 1 aliphatic heterocycles. The van der Waals surface area contributed by atoms with E-state index in [0.717, 1.165) is 61.9 Å². The predicted octanol–water partition coefficient (Wildman–Crippen LogP) is 2.17. The van der Waals surface area contributed by atoms with Crippen LogP contribution in [0.15, 0.2) is 42.6 Å². The van der Waals surface area contributed by atoms with E-state index in [1.54, 1.807) is 14.2 Å². The van der Waals surface area contributed by atoms with Crippen LogP contribution in [0.1, 0.15) is 17.7 Å². The van der Waals surface area contributed by atoms with Crippen LogP contribution in [0.4, 0.5) is 0 Å². The van der Waals surface area contributed by atoms with Crippen LogP contribution in [0.5, 0.6) is 11.5 Å². The molecular weight excluding hydrogens is 342 g/mol. The third-order valence-corrected chi connectivity index (χ3v) is 5.06. The van der Waals surface area contributed by atoms with Gasteiger partial charge in [0.1, 0.15) is 11.5 Å². The van der Waals surface area contributed by atoms with E-state index >= 15 is 0 Å². The van der Waals surface area contributed by atoms with E-state index in [9.17, 15) is 5.11 Å². The second-order valence-corrected chi connectivity index (χ2v) is 6.91. The maximum Gasteiger partial charge on any atom is 0.122 e. The van der Waals surface area contributed by atoms with Crippen molar-refractivity contribution in [3.63, 3.8) is 0 Å². The Balaban J connectivity index is 1.67. The van der Waals surface area contributed by atoms with Crippen molar-refractivity contribution < 1.29 is 14.6 Å². The first-order valence-corrected chi connectivity index (χ1v) is 9.41. The minimum Gasteiger partial charge on any atom is -0.497 e. The molecule has 1 aromatic carbocycles. The van der Waals surface area contributed by atoms with E-state index < -0.39 is 0 Å². The van der Waals surface area contributed by atoms with Crippen molar-refractivity contribution in [2.45, 2.75) is 25.6 Å². The third-order valence-electron chi connectivity index (χ3n) is 5.06. The van der Waals surface area contributed by atoms with Crippen molar-refractivity contribution in [3.8, 4) is 11.5 Å².